The molecular formula is C61H44N6. The van der Waals surface area contributed by atoms with Gasteiger partial charge >= 0.3 is 0 Å². The first-order chi connectivity index (χ1) is 32.9. The highest BCUT2D eigenvalue weighted by molar-refractivity contribution is 6.12. The summed E-state index contributed by atoms with van der Waals surface area (Å²) in [5, 5.41) is 4.88. The van der Waals surface area contributed by atoms with Gasteiger partial charge in [-0.15, -0.1) is 0 Å². The first kappa shape index (κ1) is 37.9. The van der Waals surface area contributed by atoms with Crippen molar-refractivity contribution in [2.75, 3.05) is 4.90 Å². The molecule has 0 saturated heterocycles. The molecule has 12 aromatic rings. The number of rotatable bonds is 5. The van der Waals surface area contributed by atoms with Crippen LogP contribution in [-0.2, 0) is 5.41 Å². The van der Waals surface area contributed by atoms with Crippen molar-refractivity contribution in [3.8, 4) is 22.9 Å². The summed E-state index contributed by atoms with van der Waals surface area (Å²) in [6.45, 7) is 6.80. The Morgan fingerprint density at radius 1 is 0.522 bits per heavy atom. The summed E-state index contributed by atoms with van der Waals surface area (Å²) >= 11 is 0. The van der Waals surface area contributed by atoms with E-state index >= 15 is 0 Å². The maximum Gasteiger partial charge on any atom is 0.269 e. The standard InChI is InChI=1S/C61H44N6/c1-61(2,3)40-31-32-62-58(34-40)67-51-27-12-10-24-46(51)48-36-49-56(37-55(48)67)65(57-33-39-17-7-8-22-44(39)59(49)57)43-21-15-20-42(35-43)63-38-64(53-29-14-13-28-52(53)63)54-30-16-25-47-45-23-9-11-26-50(45)66(60(47)54)41-18-5-4-6-19-41/h4-37,59H,1-3H3. The molecule has 1 aliphatic heterocycles. The van der Waals surface area contributed by atoms with Gasteiger partial charge in [-0.1, -0.05) is 142 Å². The Bertz CT molecular complexity index is 4040. The molecule has 318 valence electrons. The molecule has 0 radical (unpaired) electrons. The second-order valence-electron chi connectivity index (χ2n) is 19.0. The number of para-hydroxylation sites is 6. The minimum atomic E-state index is -0.0198. The van der Waals surface area contributed by atoms with Crippen LogP contribution in [0.1, 0.15) is 48.9 Å². The molecule has 5 heterocycles. The van der Waals surface area contributed by atoms with Gasteiger partial charge in [-0.2, -0.15) is 0 Å². The fourth-order valence-electron chi connectivity index (χ4n) is 11.2. The normalized spacial score (nSPS) is 14.4. The summed E-state index contributed by atoms with van der Waals surface area (Å²) < 4.78 is 9.24. The zero-order valence-corrected chi connectivity index (χ0v) is 37.4. The first-order valence-electron chi connectivity index (χ1n) is 23.2. The van der Waals surface area contributed by atoms with E-state index in [0.717, 1.165) is 56.2 Å². The van der Waals surface area contributed by atoms with Gasteiger partial charge in [0.2, 0.25) is 0 Å². The van der Waals surface area contributed by atoms with Crippen LogP contribution in [-0.4, -0.2) is 18.7 Å². The van der Waals surface area contributed by atoms with Gasteiger partial charge in [0.05, 0.1) is 56.1 Å². The van der Waals surface area contributed by atoms with Crippen molar-refractivity contribution in [1.29, 1.82) is 0 Å². The Labute approximate surface area is 388 Å². The van der Waals surface area contributed by atoms with Crippen LogP contribution in [0.2, 0.25) is 0 Å². The number of benzene rings is 8. The van der Waals surface area contributed by atoms with Crippen LogP contribution in [0.4, 0.5) is 11.4 Å². The third-order valence-corrected chi connectivity index (χ3v) is 14.2. The first-order valence-corrected chi connectivity index (χ1v) is 23.2. The molecule has 0 amide bonds. The van der Waals surface area contributed by atoms with Crippen LogP contribution in [0.25, 0.3) is 83.6 Å². The highest BCUT2D eigenvalue weighted by Gasteiger charge is 2.41. The van der Waals surface area contributed by atoms with Gasteiger partial charge in [0.25, 0.3) is 6.33 Å². The van der Waals surface area contributed by atoms with Crippen LogP contribution in [0.5, 0.6) is 0 Å². The molecule has 14 rings (SSSR count). The minimum Gasteiger partial charge on any atom is -0.313 e. The minimum absolute atomic E-state index is 0.0198. The molecule has 0 bridgehead atoms. The number of hydrogen-bond donors (Lipinski definition) is 0. The Morgan fingerprint density at radius 2 is 1.19 bits per heavy atom. The monoisotopic (exact) mass is 860 g/mol. The molecule has 6 heteroatoms. The summed E-state index contributed by atoms with van der Waals surface area (Å²) in [5.41, 5.74) is 18.7. The number of aromatic nitrogens is 5. The van der Waals surface area contributed by atoms with Crippen molar-refractivity contribution < 1.29 is 4.57 Å². The fraction of sp³-hybridized carbons (Fsp3) is 0.0820. The van der Waals surface area contributed by atoms with E-state index in [4.69, 9.17) is 4.98 Å². The number of allylic oxidation sites excluding steroid dienone is 1. The maximum absolute atomic E-state index is 5.02. The summed E-state index contributed by atoms with van der Waals surface area (Å²) in [6.07, 6.45) is 8.25. The van der Waals surface area contributed by atoms with E-state index < -0.39 is 0 Å². The second-order valence-corrected chi connectivity index (χ2v) is 19.0. The number of imidazole rings is 1. The zero-order valence-electron chi connectivity index (χ0n) is 37.4. The van der Waals surface area contributed by atoms with E-state index in [1.807, 2.05) is 6.20 Å². The molecule has 1 unspecified atom stereocenters. The van der Waals surface area contributed by atoms with E-state index in [9.17, 15) is 0 Å². The Morgan fingerprint density at radius 3 is 2.03 bits per heavy atom. The van der Waals surface area contributed by atoms with Crippen LogP contribution >= 0.6 is 0 Å². The van der Waals surface area contributed by atoms with Crippen molar-refractivity contribution in [3.63, 3.8) is 0 Å². The second kappa shape index (κ2) is 14.0. The number of hydrogen-bond acceptors (Lipinski definition) is 2. The average molecular weight is 861 g/mol. The van der Waals surface area contributed by atoms with Crippen LogP contribution < -0.4 is 9.47 Å². The number of fused-ring (bicyclic) bond motifs is 12. The van der Waals surface area contributed by atoms with Crippen molar-refractivity contribution in [2.45, 2.75) is 32.1 Å². The summed E-state index contributed by atoms with van der Waals surface area (Å²) in [7, 11) is 0. The van der Waals surface area contributed by atoms with Gasteiger partial charge in [0, 0.05) is 44.8 Å². The molecular weight excluding hydrogens is 817 g/mol. The molecule has 0 saturated carbocycles. The van der Waals surface area contributed by atoms with E-state index in [-0.39, 0.29) is 11.3 Å². The highest BCUT2D eigenvalue weighted by atomic mass is 15.2. The summed E-state index contributed by atoms with van der Waals surface area (Å²) in [6, 6.07) is 70.7. The molecule has 1 atom stereocenters. The Balaban J connectivity index is 0.974. The van der Waals surface area contributed by atoms with Crippen molar-refractivity contribution in [3.05, 3.63) is 235 Å². The van der Waals surface area contributed by atoms with Gasteiger partial charge in [-0.3, -0.25) is 13.7 Å². The third kappa shape index (κ3) is 5.50. The lowest BCUT2D eigenvalue weighted by Crippen LogP contribution is -2.30. The van der Waals surface area contributed by atoms with Crippen LogP contribution in [0.15, 0.2) is 206 Å². The van der Waals surface area contributed by atoms with Gasteiger partial charge in [0.1, 0.15) is 5.82 Å². The quantitative estimate of drug-likeness (QED) is 0.128. The number of nitrogens with zero attached hydrogens (tertiary/aromatic N) is 6. The SMILES string of the molecule is CC(C)(C)c1ccnc(-n2c3ccccc3c3cc4c(cc32)N(c2cccc(-n3[c-][n+](-c5cccc6c7ccccc7n(-c7ccccc7)c56)c5ccccc53)c2)C2=Cc3ccccc3C24)c1. The lowest BCUT2D eigenvalue weighted by Gasteiger charge is -2.23. The van der Waals surface area contributed by atoms with Crippen LogP contribution in [0, 0.1) is 6.33 Å². The predicted molar refractivity (Wildman–Crippen MR) is 274 cm³/mol. The molecule has 0 fully saturated rings. The smallest absolute Gasteiger partial charge is 0.269 e. The number of pyridine rings is 1. The fourth-order valence-corrected chi connectivity index (χ4v) is 11.2. The topological polar surface area (TPSA) is 34.8 Å². The predicted octanol–water partition coefficient (Wildman–Crippen LogP) is 14.2. The molecule has 2 aliphatic rings. The Hall–Kier alpha value is -8.48. The molecule has 0 N–H and O–H groups in total. The number of anilines is 2. The zero-order chi connectivity index (χ0) is 44.5. The lowest BCUT2D eigenvalue weighted by molar-refractivity contribution is -0.571. The lowest BCUT2D eigenvalue weighted by atomic mass is 9.88. The van der Waals surface area contributed by atoms with Crippen molar-refractivity contribution >= 4 is 72.1 Å². The summed E-state index contributed by atoms with van der Waals surface area (Å²) in [5.74, 6) is 1.03. The van der Waals surface area contributed by atoms with Crippen LogP contribution in [0.3, 0.4) is 0 Å². The van der Waals surface area contributed by atoms with E-state index in [1.165, 1.54) is 60.7 Å². The maximum atomic E-state index is 5.02. The largest absolute Gasteiger partial charge is 0.313 e. The molecule has 4 aromatic heterocycles. The van der Waals surface area contributed by atoms with E-state index in [0.29, 0.717) is 0 Å². The Kier molecular flexibility index (Phi) is 7.92. The average Bonchev–Trinajstić information content (AvgIpc) is 4.17. The van der Waals surface area contributed by atoms with Gasteiger partial charge < -0.3 is 9.47 Å². The van der Waals surface area contributed by atoms with Gasteiger partial charge in [-0.25, -0.2) is 4.98 Å². The van der Waals surface area contributed by atoms with Gasteiger partial charge in [-0.05, 0) is 107 Å². The third-order valence-electron chi connectivity index (χ3n) is 14.2. The van der Waals surface area contributed by atoms with Crippen molar-refractivity contribution in [2.24, 2.45) is 0 Å². The van der Waals surface area contributed by atoms with E-state index in [1.54, 1.807) is 0 Å². The molecule has 1 aliphatic carbocycles. The van der Waals surface area contributed by atoms with Crippen molar-refractivity contribution in [1.82, 2.24) is 18.7 Å². The molecule has 0 spiro atoms. The summed E-state index contributed by atoms with van der Waals surface area (Å²) in [4.78, 5) is 7.53. The molecule has 67 heavy (non-hydrogen) atoms. The van der Waals surface area contributed by atoms with E-state index in [2.05, 4.69) is 250 Å². The molecule has 6 nitrogen and oxygen atoms in total. The van der Waals surface area contributed by atoms with Gasteiger partial charge in [0.15, 0.2) is 0 Å². The highest BCUT2D eigenvalue weighted by Crippen LogP contribution is 2.56. The molecule has 8 aromatic carbocycles.